The standard InChI is InChI=1S/C18H20N4S/c1-11-12(2)20-17-15(11)9-16(23-19)21-18(17)22-8-7-13-5-3-4-6-14(13)10-22/h3-6,9,20H,7-8,10,19H2,1-2H3. The highest BCUT2D eigenvalue weighted by Gasteiger charge is 2.21. The lowest BCUT2D eigenvalue weighted by Crippen LogP contribution is -2.31. The van der Waals surface area contributed by atoms with Crippen molar-refractivity contribution in [3.63, 3.8) is 0 Å². The van der Waals surface area contributed by atoms with Gasteiger partial charge in [-0.05, 0) is 55.0 Å². The molecular weight excluding hydrogens is 304 g/mol. The van der Waals surface area contributed by atoms with Gasteiger partial charge in [-0.2, -0.15) is 0 Å². The molecule has 118 valence electrons. The number of rotatable bonds is 2. The van der Waals surface area contributed by atoms with Gasteiger partial charge < -0.3 is 9.88 Å². The van der Waals surface area contributed by atoms with Crippen molar-refractivity contribution in [2.24, 2.45) is 5.14 Å². The summed E-state index contributed by atoms with van der Waals surface area (Å²) in [7, 11) is 0. The van der Waals surface area contributed by atoms with Crippen molar-refractivity contribution in [1.29, 1.82) is 0 Å². The van der Waals surface area contributed by atoms with Crippen LogP contribution < -0.4 is 10.0 Å². The van der Waals surface area contributed by atoms with Crippen LogP contribution in [-0.4, -0.2) is 16.5 Å². The summed E-state index contributed by atoms with van der Waals surface area (Å²) >= 11 is 1.21. The minimum Gasteiger partial charge on any atom is -0.355 e. The summed E-state index contributed by atoms with van der Waals surface area (Å²) in [5.74, 6) is 1.01. The quantitative estimate of drug-likeness (QED) is 0.706. The Kier molecular flexibility index (Phi) is 3.54. The molecule has 0 radical (unpaired) electrons. The lowest BCUT2D eigenvalue weighted by atomic mass is 10.00. The Morgan fingerprint density at radius 1 is 1.22 bits per heavy atom. The molecule has 3 N–H and O–H groups in total. The molecule has 0 fully saturated rings. The highest BCUT2D eigenvalue weighted by molar-refractivity contribution is 7.97. The van der Waals surface area contributed by atoms with E-state index in [-0.39, 0.29) is 0 Å². The zero-order chi connectivity index (χ0) is 16.0. The van der Waals surface area contributed by atoms with E-state index in [0.717, 1.165) is 35.9 Å². The molecule has 0 spiro atoms. The van der Waals surface area contributed by atoms with Gasteiger partial charge in [0.25, 0.3) is 0 Å². The number of aromatic amines is 1. The maximum Gasteiger partial charge on any atom is 0.154 e. The molecule has 0 saturated heterocycles. The van der Waals surface area contributed by atoms with Gasteiger partial charge in [0, 0.05) is 24.2 Å². The predicted molar refractivity (Wildman–Crippen MR) is 96.8 cm³/mol. The van der Waals surface area contributed by atoms with Gasteiger partial charge in [-0.3, -0.25) is 5.14 Å². The normalized spacial score (nSPS) is 14.3. The van der Waals surface area contributed by atoms with E-state index in [0.29, 0.717) is 0 Å². The van der Waals surface area contributed by atoms with Crippen molar-refractivity contribution in [2.75, 3.05) is 11.4 Å². The molecule has 0 aliphatic carbocycles. The molecule has 4 nitrogen and oxygen atoms in total. The number of pyridine rings is 1. The predicted octanol–water partition coefficient (Wildman–Crippen LogP) is 3.71. The van der Waals surface area contributed by atoms with E-state index in [1.807, 2.05) is 0 Å². The van der Waals surface area contributed by atoms with Crippen LogP contribution in [0.25, 0.3) is 10.9 Å². The zero-order valence-electron chi connectivity index (χ0n) is 13.4. The van der Waals surface area contributed by atoms with Crippen molar-refractivity contribution in [2.45, 2.75) is 31.8 Å². The molecule has 1 aromatic carbocycles. The van der Waals surface area contributed by atoms with Crippen LogP contribution in [0.15, 0.2) is 35.4 Å². The third kappa shape index (κ3) is 2.40. The minimum atomic E-state index is 0.869. The number of anilines is 1. The molecule has 3 heterocycles. The molecule has 0 amide bonds. The van der Waals surface area contributed by atoms with Crippen LogP contribution >= 0.6 is 11.9 Å². The third-order valence-corrected chi connectivity index (χ3v) is 5.26. The number of aromatic nitrogens is 2. The summed E-state index contributed by atoms with van der Waals surface area (Å²) in [4.78, 5) is 10.7. The van der Waals surface area contributed by atoms with Gasteiger partial charge in [0.15, 0.2) is 5.82 Å². The van der Waals surface area contributed by atoms with E-state index in [9.17, 15) is 0 Å². The van der Waals surface area contributed by atoms with Crippen molar-refractivity contribution < 1.29 is 0 Å². The van der Waals surface area contributed by atoms with Crippen molar-refractivity contribution in [3.05, 3.63) is 52.7 Å². The van der Waals surface area contributed by atoms with Gasteiger partial charge in [-0.15, -0.1) is 0 Å². The molecule has 23 heavy (non-hydrogen) atoms. The molecule has 1 aliphatic rings. The number of aryl methyl sites for hydroxylation is 2. The van der Waals surface area contributed by atoms with Gasteiger partial charge in [0.05, 0.1) is 5.52 Å². The Bertz CT molecular complexity index is 884. The molecule has 4 rings (SSSR count). The first-order chi connectivity index (χ1) is 11.2. The average Bonchev–Trinajstić information content (AvgIpc) is 2.88. The first kappa shape index (κ1) is 14.6. The van der Waals surface area contributed by atoms with Crippen LogP contribution in [0.3, 0.4) is 0 Å². The fourth-order valence-electron chi connectivity index (χ4n) is 3.38. The number of nitrogens with two attached hydrogens (primary N) is 1. The van der Waals surface area contributed by atoms with Crippen LogP contribution in [0.4, 0.5) is 5.82 Å². The van der Waals surface area contributed by atoms with E-state index in [1.165, 1.54) is 39.7 Å². The molecule has 0 atom stereocenters. The zero-order valence-corrected chi connectivity index (χ0v) is 14.2. The monoisotopic (exact) mass is 324 g/mol. The van der Waals surface area contributed by atoms with E-state index in [2.05, 4.69) is 54.1 Å². The van der Waals surface area contributed by atoms with Crippen molar-refractivity contribution in [1.82, 2.24) is 9.97 Å². The Balaban J connectivity index is 1.84. The van der Waals surface area contributed by atoms with Gasteiger partial charge in [-0.25, -0.2) is 4.98 Å². The molecule has 0 unspecified atom stereocenters. The minimum absolute atomic E-state index is 0.869. The Hall–Kier alpha value is -1.98. The largest absolute Gasteiger partial charge is 0.355 e. The van der Waals surface area contributed by atoms with E-state index in [4.69, 9.17) is 10.1 Å². The number of nitrogens with one attached hydrogen (secondary N) is 1. The number of H-pyrrole nitrogens is 1. The number of hydrogen-bond donors (Lipinski definition) is 2. The van der Waals surface area contributed by atoms with Gasteiger partial charge in [-0.1, -0.05) is 24.3 Å². The van der Waals surface area contributed by atoms with Gasteiger partial charge >= 0.3 is 0 Å². The van der Waals surface area contributed by atoms with Crippen LogP contribution in [0.1, 0.15) is 22.4 Å². The Morgan fingerprint density at radius 2 is 2.00 bits per heavy atom. The van der Waals surface area contributed by atoms with Crippen LogP contribution in [0, 0.1) is 13.8 Å². The molecular formula is C18H20N4S. The SMILES string of the molecule is Cc1[nH]c2c(N3CCc4ccccc4C3)nc(SN)cc2c1C. The summed E-state index contributed by atoms with van der Waals surface area (Å²) in [5.41, 5.74) is 6.43. The van der Waals surface area contributed by atoms with E-state index >= 15 is 0 Å². The highest BCUT2D eigenvalue weighted by atomic mass is 32.2. The molecule has 3 aromatic rings. The lowest BCUT2D eigenvalue weighted by Gasteiger charge is -2.30. The third-order valence-electron chi connectivity index (χ3n) is 4.81. The molecule has 0 saturated carbocycles. The topological polar surface area (TPSA) is 57.9 Å². The summed E-state index contributed by atoms with van der Waals surface area (Å²) in [6.45, 7) is 6.14. The first-order valence-electron chi connectivity index (χ1n) is 7.85. The molecule has 0 bridgehead atoms. The fraction of sp³-hybridized carbons (Fsp3) is 0.278. The maximum absolute atomic E-state index is 5.80. The fourth-order valence-corrected chi connectivity index (χ4v) is 3.70. The van der Waals surface area contributed by atoms with E-state index in [1.54, 1.807) is 0 Å². The first-order valence-corrected chi connectivity index (χ1v) is 8.73. The maximum atomic E-state index is 5.80. The smallest absolute Gasteiger partial charge is 0.154 e. The summed E-state index contributed by atoms with van der Waals surface area (Å²) in [6.07, 6.45) is 1.05. The molecule has 5 heteroatoms. The molecule has 2 aromatic heterocycles. The molecule has 1 aliphatic heterocycles. The summed E-state index contributed by atoms with van der Waals surface area (Å²) in [5, 5.41) is 7.89. The number of fused-ring (bicyclic) bond motifs is 2. The second-order valence-corrected chi connectivity index (χ2v) is 6.79. The number of hydrogen-bond acceptors (Lipinski definition) is 4. The number of nitrogens with zero attached hydrogens (tertiary/aromatic N) is 2. The Morgan fingerprint density at radius 3 is 2.78 bits per heavy atom. The van der Waals surface area contributed by atoms with Crippen molar-refractivity contribution >= 4 is 28.7 Å². The second kappa shape index (κ2) is 5.58. The van der Waals surface area contributed by atoms with Crippen LogP contribution in [-0.2, 0) is 13.0 Å². The van der Waals surface area contributed by atoms with E-state index < -0.39 is 0 Å². The van der Waals surface area contributed by atoms with Crippen LogP contribution in [0.5, 0.6) is 0 Å². The second-order valence-electron chi connectivity index (χ2n) is 6.14. The van der Waals surface area contributed by atoms with Gasteiger partial charge in [0.1, 0.15) is 5.03 Å². The summed E-state index contributed by atoms with van der Waals surface area (Å²) in [6, 6.07) is 10.8. The highest BCUT2D eigenvalue weighted by Crippen LogP contribution is 2.33. The summed E-state index contributed by atoms with van der Waals surface area (Å²) < 4.78 is 0. The average molecular weight is 324 g/mol. The van der Waals surface area contributed by atoms with Gasteiger partial charge in [0.2, 0.25) is 0 Å². The number of benzene rings is 1. The van der Waals surface area contributed by atoms with Crippen LogP contribution in [0.2, 0.25) is 0 Å². The lowest BCUT2D eigenvalue weighted by molar-refractivity contribution is 0.719. The van der Waals surface area contributed by atoms with Crippen molar-refractivity contribution in [3.8, 4) is 0 Å². The Labute approximate surface area is 140 Å².